The molecule has 0 heterocycles. The lowest BCUT2D eigenvalue weighted by molar-refractivity contribution is 0.919. The lowest BCUT2D eigenvalue weighted by Gasteiger charge is -2.17. The number of hydrogen-bond donors (Lipinski definition) is 0. The molecule has 0 amide bonds. The van der Waals surface area contributed by atoms with E-state index in [4.69, 9.17) is 0 Å². The Morgan fingerprint density at radius 3 is 2.57 bits per heavy atom. The number of benzene rings is 2. The smallest absolute Gasteiger partial charge is 0.0270 e. The van der Waals surface area contributed by atoms with Crippen LogP contribution in [0.4, 0.5) is 0 Å². The average Bonchev–Trinajstić information content (AvgIpc) is 3.14. The zero-order chi connectivity index (χ0) is 14.2. The summed E-state index contributed by atoms with van der Waals surface area (Å²) in [5, 5.41) is 0. The fourth-order valence-corrected chi connectivity index (χ4v) is 3.59. The summed E-state index contributed by atoms with van der Waals surface area (Å²) in [5.74, 6) is 0.471. The minimum atomic E-state index is 0.471. The van der Waals surface area contributed by atoms with Crippen LogP contribution in [0.1, 0.15) is 30.4 Å². The zero-order valence-electron chi connectivity index (χ0n) is 12.2. The van der Waals surface area contributed by atoms with E-state index < -0.39 is 0 Å². The van der Waals surface area contributed by atoms with Crippen molar-refractivity contribution >= 4 is 6.08 Å². The maximum Gasteiger partial charge on any atom is 0.0270 e. The predicted octanol–water partition coefficient (Wildman–Crippen LogP) is 5.74. The molecule has 0 saturated carbocycles. The molecule has 0 bridgehead atoms. The van der Waals surface area contributed by atoms with Gasteiger partial charge in [-0.1, -0.05) is 84.0 Å². The van der Waals surface area contributed by atoms with Crippen molar-refractivity contribution in [2.45, 2.75) is 19.3 Å². The first kappa shape index (κ1) is 12.4. The standard InChI is InChI=1S/C21H18/c1-15-14-20-18(16-8-3-2-4-9-16)12-7-13-19(20)21(15)17-10-5-6-11-17/h2-10,12-14,21H,11H2,1H3. The van der Waals surface area contributed by atoms with E-state index >= 15 is 0 Å². The van der Waals surface area contributed by atoms with Crippen LogP contribution in [0.2, 0.25) is 0 Å². The van der Waals surface area contributed by atoms with E-state index in [0.29, 0.717) is 5.92 Å². The molecule has 1 atom stereocenters. The topological polar surface area (TPSA) is 0 Å². The molecule has 0 saturated heterocycles. The molecule has 4 rings (SSSR count). The molecular weight excluding hydrogens is 252 g/mol. The summed E-state index contributed by atoms with van der Waals surface area (Å²) < 4.78 is 0. The van der Waals surface area contributed by atoms with Crippen molar-refractivity contribution in [2.24, 2.45) is 0 Å². The molecule has 0 spiro atoms. The van der Waals surface area contributed by atoms with Gasteiger partial charge in [0, 0.05) is 5.92 Å². The highest BCUT2D eigenvalue weighted by atomic mass is 14.3. The Morgan fingerprint density at radius 1 is 0.952 bits per heavy atom. The molecule has 2 aromatic carbocycles. The van der Waals surface area contributed by atoms with Crippen molar-refractivity contribution < 1.29 is 0 Å². The maximum absolute atomic E-state index is 2.38. The van der Waals surface area contributed by atoms with Crippen LogP contribution >= 0.6 is 0 Å². The summed E-state index contributed by atoms with van der Waals surface area (Å²) in [6.45, 7) is 2.26. The summed E-state index contributed by atoms with van der Waals surface area (Å²) in [6, 6.07) is 17.4. The molecule has 0 aromatic heterocycles. The minimum Gasteiger partial charge on any atom is -0.0804 e. The van der Waals surface area contributed by atoms with Gasteiger partial charge < -0.3 is 0 Å². The first-order valence-corrected chi connectivity index (χ1v) is 7.57. The predicted molar refractivity (Wildman–Crippen MR) is 90.1 cm³/mol. The molecule has 0 heteroatoms. The van der Waals surface area contributed by atoms with Gasteiger partial charge in [0.15, 0.2) is 0 Å². The van der Waals surface area contributed by atoms with Gasteiger partial charge in [-0.15, -0.1) is 0 Å². The van der Waals surface area contributed by atoms with Crippen LogP contribution in [-0.2, 0) is 0 Å². The lowest BCUT2D eigenvalue weighted by atomic mass is 9.87. The number of allylic oxidation sites excluding steroid dienone is 5. The first-order chi connectivity index (χ1) is 10.3. The summed E-state index contributed by atoms with van der Waals surface area (Å²) >= 11 is 0. The molecule has 102 valence electrons. The van der Waals surface area contributed by atoms with E-state index in [1.807, 2.05) is 0 Å². The van der Waals surface area contributed by atoms with Gasteiger partial charge in [0.2, 0.25) is 0 Å². The Labute approximate surface area is 126 Å². The Hall–Kier alpha value is -2.34. The summed E-state index contributed by atoms with van der Waals surface area (Å²) in [4.78, 5) is 0. The monoisotopic (exact) mass is 270 g/mol. The fourth-order valence-electron chi connectivity index (χ4n) is 3.59. The molecule has 2 aliphatic carbocycles. The van der Waals surface area contributed by atoms with Gasteiger partial charge in [0.05, 0.1) is 0 Å². The zero-order valence-corrected chi connectivity index (χ0v) is 12.2. The maximum atomic E-state index is 2.38. The van der Waals surface area contributed by atoms with Gasteiger partial charge >= 0.3 is 0 Å². The van der Waals surface area contributed by atoms with E-state index in [1.54, 1.807) is 0 Å². The number of rotatable bonds is 2. The molecule has 21 heavy (non-hydrogen) atoms. The van der Waals surface area contributed by atoms with Crippen LogP contribution in [0.15, 0.2) is 77.9 Å². The lowest BCUT2D eigenvalue weighted by Crippen LogP contribution is -2.00. The van der Waals surface area contributed by atoms with Gasteiger partial charge in [-0.2, -0.15) is 0 Å². The van der Waals surface area contributed by atoms with E-state index in [-0.39, 0.29) is 0 Å². The first-order valence-electron chi connectivity index (χ1n) is 7.57. The van der Waals surface area contributed by atoms with Crippen molar-refractivity contribution in [2.75, 3.05) is 0 Å². The Balaban J connectivity index is 1.86. The third-order valence-corrected chi connectivity index (χ3v) is 4.53. The van der Waals surface area contributed by atoms with Gasteiger partial charge in [0.1, 0.15) is 0 Å². The van der Waals surface area contributed by atoms with E-state index in [9.17, 15) is 0 Å². The minimum absolute atomic E-state index is 0.471. The number of fused-ring (bicyclic) bond motifs is 1. The molecule has 0 radical (unpaired) electrons. The molecule has 0 N–H and O–H groups in total. The Morgan fingerprint density at radius 2 is 1.81 bits per heavy atom. The summed E-state index contributed by atoms with van der Waals surface area (Å²) in [7, 11) is 0. The molecule has 0 nitrogen and oxygen atoms in total. The average molecular weight is 270 g/mol. The highest BCUT2D eigenvalue weighted by Crippen LogP contribution is 2.46. The van der Waals surface area contributed by atoms with E-state index in [1.165, 1.54) is 33.4 Å². The van der Waals surface area contributed by atoms with Gasteiger partial charge in [-0.3, -0.25) is 0 Å². The van der Waals surface area contributed by atoms with Crippen molar-refractivity contribution in [1.29, 1.82) is 0 Å². The quantitative estimate of drug-likeness (QED) is 0.652. The van der Waals surface area contributed by atoms with Crippen LogP contribution in [0, 0.1) is 0 Å². The SMILES string of the molecule is CC1=Cc2c(-c3ccccc3)cccc2C1C1=CC=CC1. The van der Waals surface area contributed by atoms with Gasteiger partial charge in [-0.25, -0.2) is 0 Å². The van der Waals surface area contributed by atoms with Crippen LogP contribution in [0.25, 0.3) is 17.2 Å². The highest BCUT2D eigenvalue weighted by Gasteiger charge is 2.27. The molecule has 0 fully saturated rings. The van der Waals surface area contributed by atoms with Crippen molar-refractivity contribution in [3.05, 3.63) is 89.0 Å². The highest BCUT2D eigenvalue weighted by molar-refractivity contribution is 5.82. The van der Waals surface area contributed by atoms with Crippen molar-refractivity contribution in [3.8, 4) is 11.1 Å². The van der Waals surface area contributed by atoms with Crippen LogP contribution < -0.4 is 0 Å². The fraction of sp³-hybridized carbons (Fsp3) is 0.143. The van der Waals surface area contributed by atoms with Crippen molar-refractivity contribution in [3.63, 3.8) is 0 Å². The normalized spacial score (nSPS) is 19.4. The second-order valence-corrected chi connectivity index (χ2v) is 5.87. The second-order valence-electron chi connectivity index (χ2n) is 5.87. The molecule has 0 aliphatic heterocycles. The van der Waals surface area contributed by atoms with Gasteiger partial charge in [-0.05, 0) is 35.6 Å². The molecular formula is C21H18. The van der Waals surface area contributed by atoms with E-state index in [2.05, 4.69) is 79.8 Å². The molecule has 2 aliphatic rings. The van der Waals surface area contributed by atoms with Crippen LogP contribution in [0.5, 0.6) is 0 Å². The third kappa shape index (κ3) is 1.99. The second kappa shape index (κ2) is 4.89. The van der Waals surface area contributed by atoms with E-state index in [0.717, 1.165) is 6.42 Å². The molecule has 1 unspecified atom stereocenters. The van der Waals surface area contributed by atoms with Crippen molar-refractivity contribution in [1.82, 2.24) is 0 Å². The molecule has 2 aromatic rings. The summed E-state index contributed by atoms with van der Waals surface area (Å²) in [6.07, 6.45) is 10.2. The third-order valence-electron chi connectivity index (χ3n) is 4.53. The Kier molecular flexibility index (Phi) is 2.89. The largest absolute Gasteiger partial charge is 0.0804 e. The Bertz CT molecular complexity index is 773. The summed E-state index contributed by atoms with van der Waals surface area (Å²) in [5.41, 5.74) is 8.50. The van der Waals surface area contributed by atoms with Crippen LogP contribution in [0.3, 0.4) is 0 Å². The van der Waals surface area contributed by atoms with Crippen LogP contribution in [-0.4, -0.2) is 0 Å². The van der Waals surface area contributed by atoms with Gasteiger partial charge in [0.25, 0.3) is 0 Å². The number of hydrogen-bond acceptors (Lipinski definition) is 0.